The monoisotopic (exact) mass is 358 g/mol. The summed E-state index contributed by atoms with van der Waals surface area (Å²) in [6.45, 7) is 0.710. The number of nitrogens with one attached hydrogen (secondary N) is 2. The topological polar surface area (TPSA) is 97.1 Å². The number of aromatic nitrogens is 1. The number of hydrogen-bond acceptors (Lipinski definition) is 5. The summed E-state index contributed by atoms with van der Waals surface area (Å²) in [7, 11) is 0. The van der Waals surface area contributed by atoms with E-state index in [-0.39, 0.29) is 17.7 Å². The molecule has 2 amide bonds. The maximum Gasteiger partial charge on any atom is 0.271 e. The highest BCUT2D eigenvalue weighted by Gasteiger charge is 2.22. The SMILES string of the molecule is NCc1nc(C(=O)NCc2cccc(NC(=O)C3CCCC3)c2)cs1. The number of anilines is 1. The molecule has 1 aromatic heterocycles. The Hall–Kier alpha value is -2.25. The van der Waals surface area contributed by atoms with Crippen molar-refractivity contribution < 1.29 is 9.59 Å². The molecule has 4 N–H and O–H groups in total. The van der Waals surface area contributed by atoms with Gasteiger partial charge >= 0.3 is 0 Å². The highest BCUT2D eigenvalue weighted by Crippen LogP contribution is 2.26. The molecule has 7 heteroatoms. The average Bonchev–Trinajstić information content (AvgIpc) is 3.31. The van der Waals surface area contributed by atoms with Crippen LogP contribution in [0.2, 0.25) is 0 Å². The molecule has 3 rings (SSSR count). The van der Waals surface area contributed by atoms with E-state index in [1.807, 2.05) is 24.3 Å². The zero-order chi connectivity index (χ0) is 17.6. The van der Waals surface area contributed by atoms with E-state index in [4.69, 9.17) is 5.73 Å². The van der Waals surface area contributed by atoms with Crippen molar-refractivity contribution >= 4 is 28.8 Å². The van der Waals surface area contributed by atoms with Crippen LogP contribution in [-0.4, -0.2) is 16.8 Å². The third-order valence-corrected chi connectivity index (χ3v) is 5.20. The van der Waals surface area contributed by atoms with Crippen LogP contribution in [0.1, 0.15) is 46.7 Å². The van der Waals surface area contributed by atoms with Gasteiger partial charge in [-0.3, -0.25) is 9.59 Å². The van der Waals surface area contributed by atoms with Gasteiger partial charge in [-0.2, -0.15) is 0 Å². The minimum absolute atomic E-state index is 0.0930. The van der Waals surface area contributed by atoms with Gasteiger partial charge in [-0.15, -0.1) is 11.3 Å². The van der Waals surface area contributed by atoms with Crippen LogP contribution in [0.15, 0.2) is 29.6 Å². The number of nitrogens with two attached hydrogens (primary N) is 1. The Balaban J connectivity index is 1.55. The minimum atomic E-state index is -0.226. The Bertz CT molecular complexity index is 753. The Morgan fingerprint density at radius 2 is 2.08 bits per heavy atom. The summed E-state index contributed by atoms with van der Waals surface area (Å²) in [6.07, 6.45) is 4.21. The van der Waals surface area contributed by atoms with E-state index in [9.17, 15) is 9.59 Å². The van der Waals surface area contributed by atoms with Crippen LogP contribution in [0.4, 0.5) is 5.69 Å². The van der Waals surface area contributed by atoms with Crippen molar-refractivity contribution in [3.05, 3.63) is 45.9 Å². The first kappa shape index (κ1) is 17.6. The first-order chi connectivity index (χ1) is 12.2. The largest absolute Gasteiger partial charge is 0.347 e. The zero-order valence-corrected chi connectivity index (χ0v) is 14.8. The van der Waals surface area contributed by atoms with E-state index in [2.05, 4.69) is 15.6 Å². The number of carbonyl (C=O) groups is 2. The molecule has 0 atom stereocenters. The number of carbonyl (C=O) groups excluding carboxylic acids is 2. The number of thiazole rings is 1. The summed E-state index contributed by atoms with van der Waals surface area (Å²) in [4.78, 5) is 28.5. The summed E-state index contributed by atoms with van der Waals surface area (Å²) >= 11 is 1.38. The molecule has 0 aliphatic heterocycles. The molecule has 0 unspecified atom stereocenters. The highest BCUT2D eigenvalue weighted by atomic mass is 32.1. The van der Waals surface area contributed by atoms with Gasteiger partial charge < -0.3 is 16.4 Å². The molecule has 2 aromatic rings. The highest BCUT2D eigenvalue weighted by molar-refractivity contribution is 7.09. The molecule has 1 fully saturated rings. The third-order valence-electron chi connectivity index (χ3n) is 4.33. The van der Waals surface area contributed by atoms with Gasteiger partial charge in [-0.25, -0.2) is 4.98 Å². The van der Waals surface area contributed by atoms with Crippen molar-refractivity contribution in [2.45, 2.75) is 38.8 Å². The molecule has 0 radical (unpaired) electrons. The van der Waals surface area contributed by atoms with Gasteiger partial charge in [-0.1, -0.05) is 25.0 Å². The first-order valence-corrected chi connectivity index (χ1v) is 9.36. The van der Waals surface area contributed by atoms with E-state index >= 15 is 0 Å². The quantitative estimate of drug-likeness (QED) is 0.739. The van der Waals surface area contributed by atoms with Gasteiger partial charge in [0.15, 0.2) is 0 Å². The molecule has 1 aliphatic rings. The molecule has 0 bridgehead atoms. The second kappa shape index (κ2) is 8.22. The van der Waals surface area contributed by atoms with E-state index in [1.54, 1.807) is 5.38 Å². The van der Waals surface area contributed by atoms with E-state index < -0.39 is 0 Å². The average molecular weight is 358 g/mol. The van der Waals surface area contributed by atoms with Crippen LogP contribution in [0.5, 0.6) is 0 Å². The lowest BCUT2D eigenvalue weighted by atomic mass is 10.1. The lowest BCUT2D eigenvalue weighted by Gasteiger charge is -2.11. The molecule has 1 heterocycles. The molecular weight excluding hydrogens is 336 g/mol. The fraction of sp³-hybridized carbons (Fsp3) is 0.389. The fourth-order valence-corrected chi connectivity index (χ4v) is 3.63. The van der Waals surface area contributed by atoms with Crippen LogP contribution in [0.3, 0.4) is 0 Å². The minimum Gasteiger partial charge on any atom is -0.347 e. The maximum atomic E-state index is 12.2. The van der Waals surface area contributed by atoms with Crippen LogP contribution >= 0.6 is 11.3 Å². The number of hydrogen-bond donors (Lipinski definition) is 3. The van der Waals surface area contributed by atoms with Crippen LogP contribution in [0.25, 0.3) is 0 Å². The summed E-state index contributed by atoms with van der Waals surface area (Å²) in [5.41, 5.74) is 7.59. The number of rotatable bonds is 6. The lowest BCUT2D eigenvalue weighted by Crippen LogP contribution is -2.23. The van der Waals surface area contributed by atoms with Gasteiger partial charge in [0.2, 0.25) is 5.91 Å². The van der Waals surface area contributed by atoms with Crippen molar-refractivity contribution in [1.29, 1.82) is 0 Å². The Morgan fingerprint density at radius 3 is 2.80 bits per heavy atom. The zero-order valence-electron chi connectivity index (χ0n) is 14.0. The third kappa shape index (κ3) is 4.64. The summed E-state index contributed by atoms with van der Waals surface area (Å²) in [5.74, 6) is -0.00316. The van der Waals surface area contributed by atoms with Gasteiger partial charge in [0.1, 0.15) is 10.7 Å². The van der Waals surface area contributed by atoms with Crippen LogP contribution in [-0.2, 0) is 17.9 Å². The Morgan fingerprint density at radius 1 is 1.28 bits per heavy atom. The molecular formula is C18H22N4O2S. The van der Waals surface area contributed by atoms with E-state index in [0.717, 1.165) is 41.9 Å². The fourth-order valence-electron chi connectivity index (χ4n) is 2.97. The van der Waals surface area contributed by atoms with Crippen LogP contribution in [0, 0.1) is 5.92 Å². The van der Waals surface area contributed by atoms with E-state index in [1.165, 1.54) is 11.3 Å². The van der Waals surface area contributed by atoms with Crippen molar-refractivity contribution in [2.75, 3.05) is 5.32 Å². The smallest absolute Gasteiger partial charge is 0.271 e. The van der Waals surface area contributed by atoms with Gasteiger partial charge in [0, 0.05) is 30.1 Å². The number of amides is 2. The van der Waals surface area contributed by atoms with Crippen LogP contribution < -0.4 is 16.4 Å². The first-order valence-electron chi connectivity index (χ1n) is 8.48. The summed E-state index contributed by atoms with van der Waals surface area (Å²) < 4.78 is 0. The maximum absolute atomic E-state index is 12.2. The predicted molar refractivity (Wildman–Crippen MR) is 98.2 cm³/mol. The predicted octanol–water partition coefficient (Wildman–Crippen LogP) is 2.66. The Kier molecular flexibility index (Phi) is 5.78. The Labute approximate surface area is 150 Å². The van der Waals surface area contributed by atoms with Crippen molar-refractivity contribution in [2.24, 2.45) is 11.7 Å². The molecule has 6 nitrogen and oxygen atoms in total. The second-order valence-corrected chi connectivity index (χ2v) is 7.13. The number of nitrogens with zero attached hydrogens (tertiary/aromatic N) is 1. The van der Waals surface area contributed by atoms with Gasteiger partial charge in [0.05, 0.1) is 0 Å². The standard InChI is InChI=1S/C18H22N4O2S/c19-9-16-22-15(11-25-16)18(24)20-10-12-4-3-7-14(8-12)21-17(23)13-5-1-2-6-13/h3-4,7-8,11,13H,1-2,5-6,9-10,19H2,(H,20,24)(H,21,23). The molecule has 0 spiro atoms. The molecule has 132 valence electrons. The normalized spacial score (nSPS) is 14.4. The van der Waals surface area contributed by atoms with Gasteiger partial charge in [-0.05, 0) is 30.5 Å². The molecule has 1 saturated carbocycles. The molecule has 1 aromatic carbocycles. The van der Waals surface area contributed by atoms with E-state index in [0.29, 0.717) is 18.8 Å². The second-order valence-electron chi connectivity index (χ2n) is 6.18. The molecule has 1 aliphatic carbocycles. The molecule has 0 saturated heterocycles. The summed E-state index contributed by atoms with van der Waals surface area (Å²) in [5, 5.41) is 8.26. The molecule has 25 heavy (non-hydrogen) atoms. The van der Waals surface area contributed by atoms with Crippen molar-refractivity contribution in [3.63, 3.8) is 0 Å². The summed E-state index contributed by atoms with van der Waals surface area (Å²) in [6, 6.07) is 7.55. The van der Waals surface area contributed by atoms with Crippen molar-refractivity contribution in [3.8, 4) is 0 Å². The lowest BCUT2D eigenvalue weighted by molar-refractivity contribution is -0.119. The van der Waals surface area contributed by atoms with Crippen molar-refractivity contribution in [1.82, 2.24) is 10.3 Å². The number of benzene rings is 1. The van der Waals surface area contributed by atoms with Gasteiger partial charge in [0.25, 0.3) is 5.91 Å².